The molecule has 1 amide bonds. The van der Waals surface area contributed by atoms with Gasteiger partial charge in [0.05, 0.1) is 18.2 Å². The number of nitrogens with one attached hydrogen (secondary N) is 1. The summed E-state index contributed by atoms with van der Waals surface area (Å²) >= 11 is 0. The Morgan fingerprint density at radius 2 is 2.35 bits per heavy atom. The van der Waals surface area contributed by atoms with Crippen molar-refractivity contribution >= 4 is 5.91 Å². The van der Waals surface area contributed by atoms with E-state index in [1.165, 1.54) is 19.2 Å². The molecule has 1 unspecified atom stereocenters. The van der Waals surface area contributed by atoms with Crippen molar-refractivity contribution in [1.82, 2.24) is 5.32 Å². The van der Waals surface area contributed by atoms with Gasteiger partial charge >= 0.3 is 0 Å². The van der Waals surface area contributed by atoms with E-state index < -0.39 is 11.7 Å². The van der Waals surface area contributed by atoms with Gasteiger partial charge in [-0.25, -0.2) is 4.39 Å². The van der Waals surface area contributed by atoms with Gasteiger partial charge in [0, 0.05) is 19.7 Å². The molecule has 1 aromatic carbocycles. The Kier molecular flexibility index (Phi) is 4.86. The van der Waals surface area contributed by atoms with Crippen LogP contribution in [0.15, 0.2) is 18.2 Å². The highest BCUT2D eigenvalue weighted by molar-refractivity contribution is 5.94. The summed E-state index contributed by atoms with van der Waals surface area (Å²) < 4.78 is 18.2. The summed E-state index contributed by atoms with van der Waals surface area (Å²) in [6.07, 6.45) is 0. The molecule has 1 rings (SSSR count). The Bertz CT molecular complexity index is 398. The van der Waals surface area contributed by atoms with Crippen molar-refractivity contribution in [1.29, 1.82) is 0 Å². The fourth-order valence-corrected chi connectivity index (χ4v) is 1.32. The van der Waals surface area contributed by atoms with Crippen molar-refractivity contribution in [2.45, 2.75) is 6.04 Å². The largest absolute Gasteiger partial charge is 0.508 e. The Balaban J connectivity index is 2.75. The van der Waals surface area contributed by atoms with E-state index in [4.69, 9.17) is 15.6 Å². The number of nitrogens with two attached hydrogens (primary N) is 1. The second-order valence-corrected chi connectivity index (χ2v) is 3.53. The monoisotopic (exact) mass is 242 g/mol. The Morgan fingerprint density at radius 3 is 2.88 bits per heavy atom. The summed E-state index contributed by atoms with van der Waals surface area (Å²) in [5.74, 6) is -1.60. The van der Waals surface area contributed by atoms with Crippen LogP contribution in [-0.4, -0.2) is 37.3 Å². The van der Waals surface area contributed by atoms with Crippen LogP contribution in [0.5, 0.6) is 5.75 Å². The van der Waals surface area contributed by atoms with E-state index in [-0.39, 0.29) is 30.5 Å². The second-order valence-electron chi connectivity index (χ2n) is 3.53. The number of amides is 1. The highest BCUT2D eigenvalue weighted by Crippen LogP contribution is 2.14. The number of aromatic hydroxyl groups is 1. The van der Waals surface area contributed by atoms with Crippen molar-refractivity contribution in [2.75, 3.05) is 20.3 Å². The number of phenolic OH excluding ortho intramolecular Hbond substituents is 1. The molecule has 4 N–H and O–H groups in total. The average molecular weight is 242 g/mol. The van der Waals surface area contributed by atoms with Gasteiger partial charge in [0.15, 0.2) is 0 Å². The number of methoxy groups -OCH3 is 1. The quantitative estimate of drug-likeness (QED) is 0.690. The molecule has 0 heterocycles. The third-order valence-corrected chi connectivity index (χ3v) is 2.18. The number of hydrogen-bond acceptors (Lipinski definition) is 4. The zero-order valence-electron chi connectivity index (χ0n) is 9.44. The van der Waals surface area contributed by atoms with Gasteiger partial charge in [-0.05, 0) is 12.1 Å². The van der Waals surface area contributed by atoms with E-state index in [9.17, 15) is 9.18 Å². The third-order valence-electron chi connectivity index (χ3n) is 2.18. The van der Waals surface area contributed by atoms with Gasteiger partial charge in [-0.3, -0.25) is 4.79 Å². The normalized spacial score (nSPS) is 12.2. The molecule has 6 heteroatoms. The SMILES string of the molecule is COCC(CN)NC(=O)c1ccc(O)cc1F. The lowest BCUT2D eigenvalue weighted by atomic mass is 10.1. The molecular weight excluding hydrogens is 227 g/mol. The number of rotatable bonds is 5. The Morgan fingerprint density at radius 1 is 1.65 bits per heavy atom. The lowest BCUT2D eigenvalue weighted by molar-refractivity contribution is 0.0896. The topological polar surface area (TPSA) is 84.6 Å². The van der Waals surface area contributed by atoms with Crippen LogP contribution >= 0.6 is 0 Å². The molecular formula is C11H15FN2O3. The molecule has 0 spiro atoms. The molecule has 0 radical (unpaired) electrons. The molecule has 17 heavy (non-hydrogen) atoms. The number of halogens is 1. The zero-order valence-corrected chi connectivity index (χ0v) is 9.44. The van der Waals surface area contributed by atoms with Gasteiger partial charge in [-0.2, -0.15) is 0 Å². The van der Waals surface area contributed by atoms with Crippen LogP contribution in [0.1, 0.15) is 10.4 Å². The lowest BCUT2D eigenvalue weighted by Gasteiger charge is -2.15. The van der Waals surface area contributed by atoms with Gasteiger partial charge < -0.3 is 20.9 Å². The second kappa shape index (κ2) is 6.17. The predicted octanol–water partition coefficient (Wildman–Crippen LogP) is 0.235. The van der Waals surface area contributed by atoms with E-state index in [2.05, 4.69) is 5.32 Å². The van der Waals surface area contributed by atoms with E-state index in [0.29, 0.717) is 0 Å². The third kappa shape index (κ3) is 3.69. The van der Waals surface area contributed by atoms with Crippen LogP contribution in [0.2, 0.25) is 0 Å². The molecule has 1 atom stereocenters. The maximum atomic E-state index is 13.4. The first kappa shape index (κ1) is 13.4. The van der Waals surface area contributed by atoms with Gasteiger partial charge in [-0.1, -0.05) is 0 Å². The first-order chi connectivity index (χ1) is 8.08. The van der Waals surface area contributed by atoms with Crippen molar-refractivity contribution < 1.29 is 19.0 Å². The number of hydrogen-bond donors (Lipinski definition) is 3. The van der Waals surface area contributed by atoms with Crippen molar-refractivity contribution in [2.24, 2.45) is 5.73 Å². The minimum Gasteiger partial charge on any atom is -0.508 e. The van der Waals surface area contributed by atoms with Crippen LogP contribution in [-0.2, 0) is 4.74 Å². The number of ether oxygens (including phenoxy) is 1. The van der Waals surface area contributed by atoms with Gasteiger partial charge in [0.1, 0.15) is 11.6 Å². The van der Waals surface area contributed by atoms with Crippen molar-refractivity contribution in [3.05, 3.63) is 29.6 Å². The molecule has 0 saturated heterocycles. The van der Waals surface area contributed by atoms with E-state index in [0.717, 1.165) is 6.07 Å². The van der Waals surface area contributed by atoms with Crippen molar-refractivity contribution in [3.63, 3.8) is 0 Å². The highest BCUT2D eigenvalue weighted by atomic mass is 19.1. The first-order valence-electron chi connectivity index (χ1n) is 5.07. The summed E-state index contributed by atoms with van der Waals surface area (Å²) in [7, 11) is 1.48. The summed E-state index contributed by atoms with van der Waals surface area (Å²) in [6.45, 7) is 0.446. The summed E-state index contributed by atoms with van der Waals surface area (Å²) in [5, 5.41) is 11.6. The van der Waals surface area contributed by atoms with Gasteiger partial charge in [0.2, 0.25) is 0 Å². The molecule has 0 saturated carbocycles. The van der Waals surface area contributed by atoms with E-state index in [1.54, 1.807) is 0 Å². The van der Waals surface area contributed by atoms with Gasteiger partial charge in [-0.15, -0.1) is 0 Å². The number of carbonyl (C=O) groups excluding carboxylic acids is 1. The molecule has 0 bridgehead atoms. The van der Waals surface area contributed by atoms with Crippen LogP contribution in [0.4, 0.5) is 4.39 Å². The van der Waals surface area contributed by atoms with E-state index >= 15 is 0 Å². The highest BCUT2D eigenvalue weighted by Gasteiger charge is 2.15. The minimum atomic E-state index is -0.782. The zero-order chi connectivity index (χ0) is 12.8. The van der Waals surface area contributed by atoms with Crippen LogP contribution in [0, 0.1) is 5.82 Å². The summed E-state index contributed by atoms with van der Waals surface area (Å²) in [5.41, 5.74) is 5.28. The van der Waals surface area contributed by atoms with Crippen LogP contribution in [0.3, 0.4) is 0 Å². The fraction of sp³-hybridized carbons (Fsp3) is 0.364. The molecule has 5 nitrogen and oxygen atoms in total. The minimum absolute atomic E-state index is 0.141. The summed E-state index contributed by atoms with van der Waals surface area (Å²) in [6, 6.07) is 2.95. The number of benzene rings is 1. The number of carbonyl (C=O) groups is 1. The summed E-state index contributed by atoms with van der Waals surface area (Å²) in [4.78, 5) is 11.7. The predicted molar refractivity (Wildman–Crippen MR) is 60.2 cm³/mol. The standard InChI is InChI=1S/C11H15FN2O3/c1-17-6-7(5-13)14-11(16)9-3-2-8(15)4-10(9)12/h2-4,7,15H,5-6,13H2,1H3,(H,14,16). The Labute approximate surface area is 98.4 Å². The molecule has 0 aliphatic heterocycles. The maximum Gasteiger partial charge on any atom is 0.254 e. The average Bonchev–Trinajstić information content (AvgIpc) is 2.28. The fourth-order valence-electron chi connectivity index (χ4n) is 1.32. The first-order valence-corrected chi connectivity index (χ1v) is 5.07. The molecule has 0 aliphatic rings. The molecule has 94 valence electrons. The van der Waals surface area contributed by atoms with Gasteiger partial charge in [0.25, 0.3) is 5.91 Å². The number of phenols is 1. The van der Waals surface area contributed by atoms with Crippen LogP contribution < -0.4 is 11.1 Å². The molecule has 0 fully saturated rings. The molecule has 1 aromatic rings. The lowest BCUT2D eigenvalue weighted by Crippen LogP contribution is -2.43. The molecule has 0 aliphatic carbocycles. The maximum absolute atomic E-state index is 13.4. The molecule has 0 aromatic heterocycles. The van der Waals surface area contributed by atoms with E-state index in [1.807, 2.05) is 0 Å². The Hall–Kier alpha value is -1.66. The van der Waals surface area contributed by atoms with Crippen LogP contribution in [0.25, 0.3) is 0 Å². The smallest absolute Gasteiger partial charge is 0.254 e. The van der Waals surface area contributed by atoms with Crippen molar-refractivity contribution in [3.8, 4) is 5.75 Å².